The molecule has 2 aliphatic heterocycles. The van der Waals surface area contributed by atoms with Crippen LogP contribution in [0.25, 0.3) is 0 Å². The van der Waals surface area contributed by atoms with Crippen LogP contribution in [-0.2, 0) is 14.3 Å². The summed E-state index contributed by atoms with van der Waals surface area (Å²) in [5.41, 5.74) is 0. The molecule has 0 bridgehead atoms. The summed E-state index contributed by atoms with van der Waals surface area (Å²) in [6.07, 6.45) is 4.69. The van der Waals surface area contributed by atoms with Gasteiger partial charge in [-0.05, 0) is 6.42 Å². The van der Waals surface area contributed by atoms with Crippen molar-refractivity contribution in [1.82, 2.24) is 10.0 Å². The molecule has 14 heavy (non-hydrogen) atoms. The molecule has 0 unspecified atom stereocenters. The summed E-state index contributed by atoms with van der Waals surface area (Å²) < 4.78 is 4.99. The van der Waals surface area contributed by atoms with E-state index in [9.17, 15) is 9.59 Å². The number of hydrazine groups is 1. The highest BCUT2D eigenvalue weighted by molar-refractivity contribution is 5.96. The van der Waals surface area contributed by atoms with Crippen LogP contribution in [0.5, 0.6) is 0 Å². The lowest BCUT2D eigenvalue weighted by molar-refractivity contribution is -0.165. The fourth-order valence-corrected chi connectivity index (χ4v) is 1.60. The monoisotopic (exact) mass is 196 g/mol. The average Bonchev–Trinajstić information content (AvgIpc) is 2.19. The highest BCUT2D eigenvalue weighted by atomic mass is 16.5. The normalized spacial score (nSPS) is 22.6. The van der Waals surface area contributed by atoms with E-state index in [0.717, 1.165) is 0 Å². The lowest BCUT2D eigenvalue weighted by Gasteiger charge is -2.35. The molecule has 1 fully saturated rings. The van der Waals surface area contributed by atoms with Gasteiger partial charge in [0.25, 0.3) is 0 Å². The van der Waals surface area contributed by atoms with Crippen LogP contribution in [0.1, 0.15) is 19.3 Å². The van der Waals surface area contributed by atoms with Crippen LogP contribution >= 0.6 is 0 Å². The lowest BCUT2D eigenvalue weighted by atomic mass is 10.1. The van der Waals surface area contributed by atoms with Crippen molar-refractivity contribution in [2.75, 3.05) is 13.2 Å². The molecule has 0 aliphatic carbocycles. The molecule has 1 saturated heterocycles. The van der Waals surface area contributed by atoms with Gasteiger partial charge in [0.15, 0.2) is 0 Å². The Morgan fingerprint density at radius 3 is 2.50 bits per heavy atom. The van der Waals surface area contributed by atoms with Crippen molar-refractivity contribution in [1.29, 1.82) is 0 Å². The second-order valence-electron chi connectivity index (χ2n) is 3.27. The van der Waals surface area contributed by atoms with Gasteiger partial charge in [-0.25, -0.2) is 0 Å². The van der Waals surface area contributed by atoms with Crippen LogP contribution in [0.4, 0.5) is 0 Å². The van der Waals surface area contributed by atoms with E-state index in [1.807, 2.05) is 0 Å². The fraction of sp³-hybridized carbons (Fsp3) is 0.556. The number of hydrogen-bond donors (Lipinski definition) is 0. The number of rotatable bonds is 1. The van der Waals surface area contributed by atoms with Gasteiger partial charge in [0.2, 0.25) is 11.8 Å². The van der Waals surface area contributed by atoms with Gasteiger partial charge in [-0.2, -0.15) is 5.01 Å². The molecule has 0 N–H and O–H groups in total. The molecule has 0 aromatic carbocycles. The van der Waals surface area contributed by atoms with E-state index in [1.54, 1.807) is 11.2 Å². The third kappa shape index (κ3) is 1.57. The first-order chi connectivity index (χ1) is 6.79. The molecule has 0 saturated carbocycles. The highest BCUT2D eigenvalue weighted by Crippen LogP contribution is 2.16. The van der Waals surface area contributed by atoms with Crippen LogP contribution in [0, 0.1) is 0 Å². The summed E-state index contributed by atoms with van der Waals surface area (Å²) in [4.78, 5) is 23.0. The number of imide groups is 1. The second kappa shape index (κ2) is 3.69. The topological polar surface area (TPSA) is 49.9 Å². The van der Waals surface area contributed by atoms with E-state index in [1.165, 1.54) is 11.3 Å². The van der Waals surface area contributed by atoms with Crippen LogP contribution in [0.15, 0.2) is 12.5 Å². The van der Waals surface area contributed by atoms with Crippen LogP contribution < -0.4 is 0 Å². The Hall–Kier alpha value is -1.52. The van der Waals surface area contributed by atoms with Crippen molar-refractivity contribution in [3.05, 3.63) is 12.5 Å². The lowest BCUT2D eigenvalue weighted by Crippen LogP contribution is -2.51. The van der Waals surface area contributed by atoms with Gasteiger partial charge in [-0.15, -0.1) is 0 Å². The maximum Gasteiger partial charge on any atom is 0.248 e. The summed E-state index contributed by atoms with van der Waals surface area (Å²) in [7, 11) is 0. The van der Waals surface area contributed by atoms with Crippen LogP contribution in [0.2, 0.25) is 0 Å². The zero-order chi connectivity index (χ0) is 9.97. The third-order valence-corrected chi connectivity index (χ3v) is 2.28. The van der Waals surface area contributed by atoms with Crippen LogP contribution in [0.3, 0.4) is 0 Å². The first-order valence-corrected chi connectivity index (χ1v) is 4.69. The zero-order valence-electron chi connectivity index (χ0n) is 7.81. The van der Waals surface area contributed by atoms with E-state index >= 15 is 0 Å². The molecule has 2 rings (SSSR count). The number of nitrogens with zero attached hydrogens (tertiary/aromatic N) is 2. The molecule has 76 valence electrons. The quantitative estimate of drug-likeness (QED) is 0.564. The molecule has 5 nitrogen and oxygen atoms in total. The Kier molecular flexibility index (Phi) is 2.39. The molecule has 0 radical (unpaired) electrons. The van der Waals surface area contributed by atoms with Crippen molar-refractivity contribution >= 4 is 11.8 Å². The predicted octanol–water partition coefficient (Wildman–Crippen LogP) is 0.244. The summed E-state index contributed by atoms with van der Waals surface area (Å²) >= 11 is 0. The van der Waals surface area contributed by atoms with Gasteiger partial charge in [-0.3, -0.25) is 14.6 Å². The van der Waals surface area contributed by atoms with E-state index < -0.39 is 0 Å². The molecule has 5 heteroatoms. The molecule has 0 atom stereocenters. The first-order valence-electron chi connectivity index (χ1n) is 4.69. The predicted molar refractivity (Wildman–Crippen MR) is 47.5 cm³/mol. The van der Waals surface area contributed by atoms with Crippen molar-refractivity contribution in [3.8, 4) is 0 Å². The molecular formula is C9H12N2O3. The highest BCUT2D eigenvalue weighted by Gasteiger charge is 2.30. The minimum absolute atomic E-state index is 0.118. The van der Waals surface area contributed by atoms with E-state index in [2.05, 4.69) is 0 Å². The van der Waals surface area contributed by atoms with Crippen molar-refractivity contribution < 1.29 is 14.3 Å². The van der Waals surface area contributed by atoms with Gasteiger partial charge >= 0.3 is 0 Å². The largest absolute Gasteiger partial charge is 0.498 e. The summed E-state index contributed by atoms with van der Waals surface area (Å²) in [6.45, 7) is 1.06. The number of hydrogen-bond acceptors (Lipinski definition) is 4. The number of carbonyl (C=O) groups is 2. The summed E-state index contributed by atoms with van der Waals surface area (Å²) in [5, 5.41) is 2.84. The maximum absolute atomic E-state index is 11.5. The van der Waals surface area contributed by atoms with Gasteiger partial charge in [0.05, 0.1) is 12.7 Å². The molecule has 2 amide bonds. The van der Waals surface area contributed by atoms with E-state index in [4.69, 9.17) is 4.74 Å². The third-order valence-electron chi connectivity index (χ3n) is 2.28. The average molecular weight is 196 g/mol. The molecule has 2 aliphatic rings. The zero-order valence-corrected chi connectivity index (χ0v) is 7.81. The standard InChI is InChI=1S/C9H12N2O3/c12-8-2-1-3-9(13)11(8)10-4-6-14-7-5-10/h4,6H,1-3,5,7H2. The Morgan fingerprint density at radius 2 is 1.93 bits per heavy atom. The number of piperidine rings is 1. The fourth-order valence-electron chi connectivity index (χ4n) is 1.60. The van der Waals surface area contributed by atoms with Gasteiger partial charge < -0.3 is 4.74 Å². The van der Waals surface area contributed by atoms with Gasteiger partial charge in [-0.1, -0.05) is 0 Å². The number of carbonyl (C=O) groups excluding carboxylic acids is 2. The Bertz CT molecular complexity index is 272. The van der Waals surface area contributed by atoms with Crippen molar-refractivity contribution in [2.24, 2.45) is 0 Å². The van der Waals surface area contributed by atoms with E-state index in [0.29, 0.717) is 32.4 Å². The van der Waals surface area contributed by atoms with Gasteiger partial charge in [0, 0.05) is 12.8 Å². The second-order valence-corrected chi connectivity index (χ2v) is 3.27. The smallest absolute Gasteiger partial charge is 0.248 e. The minimum atomic E-state index is -0.118. The minimum Gasteiger partial charge on any atom is -0.498 e. The van der Waals surface area contributed by atoms with Crippen molar-refractivity contribution in [2.45, 2.75) is 19.3 Å². The molecule has 0 aromatic heterocycles. The Balaban J connectivity index is 2.13. The molecule has 0 spiro atoms. The molecule has 2 heterocycles. The van der Waals surface area contributed by atoms with Crippen LogP contribution in [-0.4, -0.2) is 35.0 Å². The first kappa shape index (κ1) is 9.05. The Labute approximate surface area is 81.9 Å². The number of amides is 2. The molecular weight excluding hydrogens is 184 g/mol. The van der Waals surface area contributed by atoms with Gasteiger partial charge in [0.1, 0.15) is 12.9 Å². The van der Waals surface area contributed by atoms with Crippen molar-refractivity contribution in [3.63, 3.8) is 0 Å². The summed E-state index contributed by atoms with van der Waals surface area (Å²) in [6, 6.07) is 0. The van der Waals surface area contributed by atoms with E-state index in [-0.39, 0.29) is 11.8 Å². The Morgan fingerprint density at radius 1 is 1.21 bits per heavy atom. The summed E-state index contributed by atoms with van der Waals surface area (Å²) in [5.74, 6) is -0.236. The number of ether oxygens (including phenoxy) is 1. The SMILES string of the molecule is O=C1CCCC(=O)N1N1C=COCC1. The maximum atomic E-state index is 11.5. The molecule has 0 aromatic rings.